The smallest absolute Gasteiger partial charge is 0.321 e. The van der Waals surface area contributed by atoms with E-state index in [-0.39, 0.29) is 11.3 Å². The van der Waals surface area contributed by atoms with Crippen LogP contribution in [0.25, 0.3) is 0 Å². The third-order valence-corrected chi connectivity index (χ3v) is 2.52. The Hall–Kier alpha value is -0.590. The highest BCUT2D eigenvalue weighted by Gasteiger charge is 2.05. The van der Waals surface area contributed by atoms with Crippen LogP contribution < -0.4 is 4.74 Å². The maximum Gasteiger partial charge on any atom is 0.321 e. The molecule has 0 unspecified atom stereocenters. The van der Waals surface area contributed by atoms with Crippen molar-refractivity contribution >= 4 is 23.4 Å². The zero-order chi connectivity index (χ0) is 11.3. The van der Waals surface area contributed by atoms with Gasteiger partial charge in [-0.25, -0.2) is 0 Å². The summed E-state index contributed by atoms with van der Waals surface area (Å²) in [5, 5.41) is 0.753. The van der Waals surface area contributed by atoms with Crippen molar-refractivity contribution in [3.8, 4) is 6.01 Å². The number of rotatable bonds is 5. The molecule has 0 saturated heterocycles. The number of halogens is 1. The van der Waals surface area contributed by atoms with E-state index in [4.69, 9.17) is 16.3 Å². The molecule has 1 aromatic heterocycles. The predicted octanol–water partition coefficient (Wildman–Crippen LogP) is 1.19. The Labute approximate surface area is 98.2 Å². The predicted molar refractivity (Wildman–Crippen MR) is 60.7 cm³/mol. The van der Waals surface area contributed by atoms with E-state index in [1.54, 1.807) is 0 Å². The number of nitrogens with zero attached hydrogens (tertiary/aromatic N) is 4. The van der Waals surface area contributed by atoms with Crippen molar-refractivity contribution in [1.29, 1.82) is 0 Å². The Morgan fingerprint density at radius 2 is 2.07 bits per heavy atom. The summed E-state index contributed by atoms with van der Waals surface area (Å²) in [4.78, 5) is 13.9. The van der Waals surface area contributed by atoms with Crippen LogP contribution in [0.3, 0.4) is 0 Å². The van der Waals surface area contributed by atoms with E-state index in [9.17, 15) is 0 Å². The van der Waals surface area contributed by atoms with Crippen LogP contribution in [0.1, 0.15) is 0 Å². The average molecular weight is 249 g/mol. The minimum Gasteiger partial charge on any atom is -0.467 e. The number of thioether (sulfide) groups is 1. The Bertz CT molecular complexity index is 324. The second-order valence-electron chi connectivity index (χ2n) is 3.03. The summed E-state index contributed by atoms with van der Waals surface area (Å²) in [6.07, 6.45) is 0. The summed E-state index contributed by atoms with van der Waals surface area (Å²) in [6.45, 7) is 0.955. The Kier molecular flexibility index (Phi) is 5.07. The average Bonchev–Trinajstić information content (AvgIpc) is 2.16. The minimum absolute atomic E-state index is 0.161. The van der Waals surface area contributed by atoms with Crippen molar-refractivity contribution in [2.75, 3.05) is 33.5 Å². The molecule has 0 aromatic carbocycles. The topological polar surface area (TPSA) is 51.1 Å². The van der Waals surface area contributed by atoms with E-state index < -0.39 is 0 Å². The lowest BCUT2D eigenvalue weighted by Crippen LogP contribution is -2.15. The number of hydrogen-bond donors (Lipinski definition) is 0. The van der Waals surface area contributed by atoms with E-state index in [0.717, 1.165) is 12.3 Å². The molecule has 0 aliphatic carbocycles. The fourth-order valence-electron chi connectivity index (χ4n) is 0.790. The highest BCUT2D eigenvalue weighted by molar-refractivity contribution is 7.99. The lowest BCUT2D eigenvalue weighted by molar-refractivity contribution is 0.372. The first kappa shape index (κ1) is 12.5. The van der Waals surface area contributed by atoms with Crippen molar-refractivity contribution in [2.24, 2.45) is 0 Å². The van der Waals surface area contributed by atoms with Gasteiger partial charge in [0.25, 0.3) is 0 Å². The molecule has 0 aliphatic heterocycles. The second-order valence-corrected chi connectivity index (χ2v) is 4.43. The van der Waals surface area contributed by atoms with Crippen LogP contribution >= 0.6 is 23.4 Å². The van der Waals surface area contributed by atoms with Gasteiger partial charge in [0.05, 0.1) is 7.11 Å². The van der Waals surface area contributed by atoms with Crippen LogP contribution in [0.2, 0.25) is 5.28 Å². The van der Waals surface area contributed by atoms with Gasteiger partial charge in [0.15, 0.2) is 5.16 Å². The van der Waals surface area contributed by atoms with Gasteiger partial charge in [-0.1, -0.05) is 11.8 Å². The molecule has 7 heteroatoms. The molecule has 0 fully saturated rings. The van der Waals surface area contributed by atoms with Crippen molar-refractivity contribution in [2.45, 2.75) is 5.16 Å². The van der Waals surface area contributed by atoms with Gasteiger partial charge in [-0.05, 0) is 25.7 Å². The van der Waals surface area contributed by atoms with Gasteiger partial charge in [0.2, 0.25) is 5.28 Å². The fraction of sp³-hybridized carbons (Fsp3) is 0.625. The lowest BCUT2D eigenvalue weighted by Gasteiger charge is -2.07. The van der Waals surface area contributed by atoms with E-state index >= 15 is 0 Å². The molecule has 0 saturated carbocycles. The summed E-state index contributed by atoms with van der Waals surface area (Å²) in [5.74, 6) is 0.899. The zero-order valence-electron chi connectivity index (χ0n) is 8.90. The van der Waals surface area contributed by atoms with E-state index in [2.05, 4.69) is 19.9 Å². The van der Waals surface area contributed by atoms with Crippen LogP contribution in [-0.2, 0) is 0 Å². The van der Waals surface area contributed by atoms with Crippen LogP contribution in [0.4, 0.5) is 0 Å². The molecular weight excluding hydrogens is 236 g/mol. The van der Waals surface area contributed by atoms with Crippen molar-refractivity contribution in [1.82, 2.24) is 19.9 Å². The van der Waals surface area contributed by atoms with Crippen LogP contribution in [0.15, 0.2) is 5.16 Å². The SMILES string of the molecule is COc1nc(Cl)nc(SCCN(C)C)n1. The molecule has 84 valence electrons. The maximum absolute atomic E-state index is 5.70. The van der Waals surface area contributed by atoms with Gasteiger partial charge in [-0.2, -0.15) is 15.0 Å². The fourth-order valence-corrected chi connectivity index (χ4v) is 1.93. The molecule has 1 aromatic rings. The summed E-state index contributed by atoms with van der Waals surface area (Å²) in [5.41, 5.74) is 0. The largest absolute Gasteiger partial charge is 0.467 e. The highest BCUT2D eigenvalue weighted by Crippen LogP contribution is 2.17. The monoisotopic (exact) mass is 248 g/mol. The molecule has 0 aliphatic rings. The van der Waals surface area contributed by atoms with Gasteiger partial charge in [0.1, 0.15) is 0 Å². The first-order chi connectivity index (χ1) is 7.11. The van der Waals surface area contributed by atoms with Crippen molar-refractivity contribution in [3.63, 3.8) is 0 Å². The summed E-state index contributed by atoms with van der Waals surface area (Å²) in [7, 11) is 5.53. The number of methoxy groups -OCH3 is 1. The molecule has 0 bridgehead atoms. The molecular formula is C8H13ClN4OS. The quantitative estimate of drug-likeness (QED) is 0.730. The number of aromatic nitrogens is 3. The van der Waals surface area contributed by atoms with Gasteiger partial charge in [-0.15, -0.1) is 0 Å². The van der Waals surface area contributed by atoms with Crippen LogP contribution in [0.5, 0.6) is 6.01 Å². The molecule has 15 heavy (non-hydrogen) atoms. The molecule has 0 amide bonds. The summed E-state index contributed by atoms with van der Waals surface area (Å²) >= 11 is 7.23. The molecule has 0 radical (unpaired) electrons. The third kappa shape index (κ3) is 4.63. The van der Waals surface area contributed by atoms with Crippen LogP contribution in [0, 0.1) is 0 Å². The lowest BCUT2D eigenvalue weighted by atomic mass is 10.7. The molecule has 1 heterocycles. The Morgan fingerprint density at radius 1 is 1.33 bits per heavy atom. The first-order valence-corrected chi connectivity index (χ1v) is 5.71. The molecule has 1 rings (SSSR count). The Morgan fingerprint density at radius 3 is 2.67 bits per heavy atom. The zero-order valence-corrected chi connectivity index (χ0v) is 10.5. The van der Waals surface area contributed by atoms with Gasteiger partial charge in [-0.3, -0.25) is 0 Å². The summed E-state index contributed by atoms with van der Waals surface area (Å²) < 4.78 is 4.89. The van der Waals surface area contributed by atoms with Gasteiger partial charge in [0, 0.05) is 12.3 Å². The molecule has 0 spiro atoms. The van der Waals surface area contributed by atoms with Crippen molar-refractivity contribution < 1.29 is 4.74 Å². The van der Waals surface area contributed by atoms with Crippen molar-refractivity contribution in [3.05, 3.63) is 5.28 Å². The van der Waals surface area contributed by atoms with E-state index in [1.165, 1.54) is 18.9 Å². The second kappa shape index (κ2) is 6.09. The number of hydrogen-bond acceptors (Lipinski definition) is 6. The Balaban J connectivity index is 2.56. The maximum atomic E-state index is 5.70. The molecule has 0 atom stereocenters. The number of ether oxygens (including phenoxy) is 1. The minimum atomic E-state index is 0.161. The van der Waals surface area contributed by atoms with E-state index in [1.807, 2.05) is 14.1 Å². The summed E-state index contributed by atoms with van der Waals surface area (Å²) in [6, 6.07) is 0.252. The van der Waals surface area contributed by atoms with Crippen LogP contribution in [-0.4, -0.2) is 53.4 Å². The standard InChI is InChI=1S/C8H13ClN4OS/c1-13(2)4-5-15-8-11-6(9)10-7(12-8)14-3/h4-5H2,1-3H3. The highest BCUT2D eigenvalue weighted by atomic mass is 35.5. The van der Waals surface area contributed by atoms with E-state index in [0.29, 0.717) is 5.16 Å². The first-order valence-electron chi connectivity index (χ1n) is 4.35. The van der Waals surface area contributed by atoms with Gasteiger partial charge < -0.3 is 9.64 Å². The third-order valence-electron chi connectivity index (χ3n) is 1.52. The normalized spacial score (nSPS) is 10.7. The molecule has 5 nitrogen and oxygen atoms in total. The molecule has 0 N–H and O–H groups in total. The van der Waals surface area contributed by atoms with Gasteiger partial charge >= 0.3 is 6.01 Å².